The molecule has 0 radical (unpaired) electrons. The summed E-state index contributed by atoms with van der Waals surface area (Å²) < 4.78 is 34.4. The topological polar surface area (TPSA) is 9.23 Å². The average molecular weight is 413 g/mol. The van der Waals surface area contributed by atoms with Crippen LogP contribution in [-0.4, -0.2) is 0 Å². The highest BCUT2D eigenvalue weighted by Crippen LogP contribution is 2.38. The molecule has 3 rings (SSSR count). The third-order valence-corrected chi connectivity index (χ3v) is 6.30. The molecule has 0 heterocycles. The van der Waals surface area contributed by atoms with Gasteiger partial charge in [0.15, 0.2) is 11.6 Å². The van der Waals surface area contributed by atoms with E-state index in [1.54, 1.807) is 6.07 Å². The lowest BCUT2D eigenvalue weighted by atomic mass is 9.77. The monoisotopic (exact) mass is 412 g/mol. The molecule has 1 nitrogen and oxygen atoms in total. The lowest BCUT2D eigenvalue weighted by Crippen LogP contribution is -2.13. The number of hydrogen-bond acceptors (Lipinski definition) is 1. The van der Waals surface area contributed by atoms with E-state index in [2.05, 4.69) is 26.0 Å². The van der Waals surface area contributed by atoms with Crippen LogP contribution in [0, 0.1) is 17.6 Å². The zero-order valence-corrected chi connectivity index (χ0v) is 18.3. The van der Waals surface area contributed by atoms with Crippen molar-refractivity contribution in [1.82, 2.24) is 0 Å². The summed E-state index contributed by atoms with van der Waals surface area (Å²) >= 11 is 0. The summed E-state index contributed by atoms with van der Waals surface area (Å²) in [6, 6.07) is 11.1. The number of halogens is 2. The van der Waals surface area contributed by atoms with Gasteiger partial charge >= 0.3 is 0 Å². The Morgan fingerprint density at radius 2 is 1.63 bits per heavy atom. The van der Waals surface area contributed by atoms with E-state index in [1.807, 2.05) is 18.2 Å². The second-order valence-electron chi connectivity index (χ2n) is 8.50. The number of hydrogen-bond donors (Lipinski definition) is 0. The summed E-state index contributed by atoms with van der Waals surface area (Å²) in [5.74, 6) is -0.411. The van der Waals surface area contributed by atoms with Crippen LogP contribution in [0.25, 0.3) is 11.1 Å². The van der Waals surface area contributed by atoms with Gasteiger partial charge in [0.05, 0.1) is 6.26 Å². The molecule has 0 N–H and O–H groups in total. The molecular weight excluding hydrogens is 378 g/mol. The highest BCUT2D eigenvalue weighted by Gasteiger charge is 2.22. The maximum absolute atomic E-state index is 14.7. The molecule has 2 aromatic rings. The van der Waals surface area contributed by atoms with Crippen molar-refractivity contribution in [3.8, 4) is 16.9 Å². The molecule has 0 unspecified atom stereocenters. The first-order chi connectivity index (χ1) is 14.6. The van der Waals surface area contributed by atoms with Crippen LogP contribution in [0.5, 0.6) is 5.75 Å². The molecule has 0 aromatic heterocycles. The van der Waals surface area contributed by atoms with Crippen molar-refractivity contribution in [2.24, 2.45) is 5.92 Å². The highest BCUT2D eigenvalue weighted by molar-refractivity contribution is 5.65. The Morgan fingerprint density at radius 1 is 0.900 bits per heavy atom. The van der Waals surface area contributed by atoms with Gasteiger partial charge in [-0.1, -0.05) is 57.4 Å². The summed E-state index contributed by atoms with van der Waals surface area (Å²) in [5.41, 5.74) is 2.28. The van der Waals surface area contributed by atoms with E-state index in [9.17, 15) is 8.78 Å². The SMILES string of the molecule is CCCCC=COc1ccc(-c2ccc(C3CCC(CCC)CC3)cc2)c(F)c1F. The number of allylic oxidation sites excluding steroid dienone is 1. The fourth-order valence-electron chi connectivity index (χ4n) is 4.48. The molecule has 0 atom stereocenters. The summed E-state index contributed by atoms with van der Waals surface area (Å²) in [6.07, 6.45) is 13.9. The van der Waals surface area contributed by atoms with E-state index in [4.69, 9.17) is 4.74 Å². The summed E-state index contributed by atoms with van der Waals surface area (Å²) in [4.78, 5) is 0. The molecule has 0 bridgehead atoms. The minimum absolute atomic E-state index is 0.0792. The van der Waals surface area contributed by atoms with Gasteiger partial charge in [-0.3, -0.25) is 0 Å². The maximum Gasteiger partial charge on any atom is 0.201 e. The molecule has 30 heavy (non-hydrogen) atoms. The minimum atomic E-state index is -0.939. The Balaban J connectivity index is 1.66. The molecule has 1 aliphatic rings. The molecule has 1 fully saturated rings. The first-order valence-corrected chi connectivity index (χ1v) is 11.5. The van der Waals surface area contributed by atoms with Crippen molar-refractivity contribution in [3.05, 3.63) is 65.9 Å². The second-order valence-corrected chi connectivity index (χ2v) is 8.50. The van der Waals surface area contributed by atoms with Crippen molar-refractivity contribution in [1.29, 1.82) is 0 Å². The van der Waals surface area contributed by atoms with Crippen LogP contribution in [0.3, 0.4) is 0 Å². The molecule has 0 spiro atoms. The van der Waals surface area contributed by atoms with Crippen LogP contribution >= 0.6 is 0 Å². The van der Waals surface area contributed by atoms with Gasteiger partial charge in [0.2, 0.25) is 5.82 Å². The van der Waals surface area contributed by atoms with Crippen molar-refractivity contribution >= 4 is 0 Å². The fraction of sp³-hybridized carbons (Fsp3) is 0.481. The van der Waals surface area contributed by atoms with Crippen LogP contribution in [0.15, 0.2) is 48.7 Å². The molecular formula is C27H34F2O. The summed E-state index contributed by atoms with van der Waals surface area (Å²) in [6.45, 7) is 4.36. The van der Waals surface area contributed by atoms with E-state index in [-0.39, 0.29) is 11.3 Å². The minimum Gasteiger partial charge on any atom is -0.462 e. The van der Waals surface area contributed by atoms with Crippen LogP contribution in [0.2, 0.25) is 0 Å². The Morgan fingerprint density at radius 3 is 2.30 bits per heavy atom. The lowest BCUT2D eigenvalue weighted by Gasteiger charge is -2.28. The first-order valence-electron chi connectivity index (χ1n) is 11.5. The number of ether oxygens (including phenoxy) is 1. The zero-order chi connectivity index (χ0) is 21.3. The van der Waals surface area contributed by atoms with Crippen molar-refractivity contribution in [3.63, 3.8) is 0 Å². The van der Waals surface area contributed by atoms with Gasteiger partial charge in [-0.15, -0.1) is 0 Å². The fourth-order valence-corrected chi connectivity index (χ4v) is 4.48. The van der Waals surface area contributed by atoms with E-state index in [0.717, 1.165) is 25.2 Å². The van der Waals surface area contributed by atoms with Crippen molar-refractivity contribution < 1.29 is 13.5 Å². The lowest BCUT2D eigenvalue weighted by molar-refractivity contribution is 0.308. The summed E-state index contributed by atoms with van der Waals surface area (Å²) in [7, 11) is 0. The Kier molecular flexibility index (Phi) is 8.48. The van der Waals surface area contributed by atoms with Crippen LogP contribution < -0.4 is 4.74 Å². The third-order valence-electron chi connectivity index (χ3n) is 6.30. The molecule has 0 amide bonds. The molecule has 1 aliphatic carbocycles. The first kappa shape index (κ1) is 22.5. The predicted octanol–water partition coefficient (Wildman–Crippen LogP) is 8.79. The molecule has 1 saturated carbocycles. The van der Waals surface area contributed by atoms with Gasteiger partial charge in [0.1, 0.15) is 0 Å². The van der Waals surface area contributed by atoms with Gasteiger partial charge in [0.25, 0.3) is 0 Å². The molecule has 3 heteroatoms. The standard InChI is InChI=1S/C27H34F2O/c1-3-5-6-7-19-30-25-18-17-24(26(28)27(25)29)23-15-13-22(14-16-23)21-11-9-20(8-4-2)10-12-21/h7,13-21H,3-6,8-12H2,1-2H3. The van der Waals surface area contributed by atoms with Crippen LogP contribution in [0.1, 0.15) is 83.1 Å². The number of rotatable bonds is 9. The largest absolute Gasteiger partial charge is 0.462 e. The predicted molar refractivity (Wildman–Crippen MR) is 121 cm³/mol. The van der Waals surface area contributed by atoms with Gasteiger partial charge in [-0.2, -0.15) is 4.39 Å². The third kappa shape index (κ3) is 5.71. The summed E-state index contributed by atoms with van der Waals surface area (Å²) in [5, 5.41) is 0. The smallest absolute Gasteiger partial charge is 0.201 e. The normalized spacial score (nSPS) is 19.3. The molecule has 0 aliphatic heterocycles. The molecule has 0 saturated heterocycles. The van der Waals surface area contributed by atoms with E-state index >= 15 is 0 Å². The molecule has 162 valence electrons. The highest BCUT2D eigenvalue weighted by atomic mass is 19.2. The Bertz CT molecular complexity index is 818. The van der Waals surface area contributed by atoms with Crippen LogP contribution in [-0.2, 0) is 0 Å². The molecule has 2 aromatic carbocycles. The Labute approximate surface area is 180 Å². The quantitative estimate of drug-likeness (QED) is 0.295. The van der Waals surface area contributed by atoms with Crippen molar-refractivity contribution in [2.75, 3.05) is 0 Å². The number of unbranched alkanes of at least 4 members (excludes halogenated alkanes) is 2. The Hall–Kier alpha value is -2.16. The van der Waals surface area contributed by atoms with Gasteiger partial charge in [0, 0.05) is 5.56 Å². The average Bonchev–Trinajstić information content (AvgIpc) is 2.77. The van der Waals surface area contributed by atoms with Gasteiger partial charge < -0.3 is 4.74 Å². The second kappa shape index (κ2) is 11.3. The van der Waals surface area contributed by atoms with E-state index in [1.165, 1.54) is 56.4 Å². The van der Waals surface area contributed by atoms with Crippen LogP contribution in [0.4, 0.5) is 8.78 Å². The van der Waals surface area contributed by atoms with Gasteiger partial charge in [-0.05, 0) is 79.7 Å². The number of benzene rings is 2. The van der Waals surface area contributed by atoms with Gasteiger partial charge in [-0.25, -0.2) is 4.39 Å². The van der Waals surface area contributed by atoms with E-state index < -0.39 is 11.6 Å². The van der Waals surface area contributed by atoms with Crippen molar-refractivity contribution in [2.45, 2.75) is 77.6 Å². The van der Waals surface area contributed by atoms with E-state index in [0.29, 0.717) is 11.5 Å². The zero-order valence-electron chi connectivity index (χ0n) is 18.3. The maximum atomic E-state index is 14.7.